The van der Waals surface area contributed by atoms with Gasteiger partial charge in [0.15, 0.2) is 5.69 Å². The molecule has 128 valence electrons. The number of fused-ring (bicyclic) bond motifs is 1. The monoisotopic (exact) mass is 328 g/mol. The third-order valence-corrected chi connectivity index (χ3v) is 4.95. The summed E-state index contributed by atoms with van der Waals surface area (Å²) < 4.78 is 3.96. The summed E-state index contributed by atoms with van der Waals surface area (Å²) in [6, 6.07) is 1.90. The van der Waals surface area contributed by atoms with Crippen LogP contribution < -0.4 is 5.32 Å². The molecule has 0 saturated heterocycles. The number of nitrogens with zero attached hydrogens (tertiary/aromatic N) is 5. The second-order valence-corrected chi connectivity index (χ2v) is 7.02. The summed E-state index contributed by atoms with van der Waals surface area (Å²) in [5.41, 5.74) is 1.63. The van der Waals surface area contributed by atoms with E-state index in [4.69, 9.17) is 0 Å². The summed E-state index contributed by atoms with van der Waals surface area (Å²) in [6.45, 7) is 2.78. The maximum Gasteiger partial charge on any atom is 0.272 e. The summed E-state index contributed by atoms with van der Waals surface area (Å²) in [5.74, 6) is 1.31. The number of aromatic nitrogens is 4. The molecular formula is C17H24N6O. The minimum atomic E-state index is -0.0990. The zero-order valence-electron chi connectivity index (χ0n) is 14.3. The molecule has 0 bridgehead atoms. The zero-order chi connectivity index (χ0) is 16.7. The molecule has 1 unspecified atom stereocenters. The predicted octanol–water partition coefficient (Wildman–Crippen LogP) is 1.33. The van der Waals surface area contributed by atoms with Gasteiger partial charge in [-0.1, -0.05) is 0 Å². The van der Waals surface area contributed by atoms with Gasteiger partial charge in [0.1, 0.15) is 5.82 Å². The Labute approximate surface area is 141 Å². The van der Waals surface area contributed by atoms with Crippen molar-refractivity contribution in [3.63, 3.8) is 0 Å². The molecule has 3 heterocycles. The van der Waals surface area contributed by atoms with Crippen LogP contribution in [0.2, 0.25) is 0 Å². The highest BCUT2D eigenvalue weighted by molar-refractivity contribution is 5.92. The predicted molar refractivity (Wildman–Crippen MR) is 89.3 cm³/mol. The average Bonchev–Trinajstić information content (AvgIpc) is 3.23. The Morgan fingerprint density at radius 2 is 2.17 bits per heavy atom. The average molecular weight is 328 g/mol. The first-order chi connectivity index (χ1) is 11.6. The van der Waals surface area contributed by atoms with Crippen molar-refractivity contribution >= 4 is 5.91 Å². The topological polar surface area (TPSA) is 68.0 Å². The van der Waals surface area contributed by atoms with Gasteiger partial charge in [-0.15, -0.1) is 0 Å². The molecule has 4 rings (SSSR count). The largest absolute Gasteiger partial charge is 0.340 e. The second kappa shape index (κ2) is 6.05. The van der Waals surface area contributed by atoms with Crippen LogP contribution in [0.5, 0.6) is 0 Å². The maximum atomic E-state index is 12.7. The molecule has 1 atom stereocenters. The van der Waals surface area contributed by atoms with Crippen molar-refractivity contribution in [1.29, 1.82) is 0 Å². The number of hydrogen-bond acceptors (Lipinski definition) is 4. The Morgan fingerprint density at radius 3 is 2.88 bits per heavy atom. The Bertz CT molecular complexity index is 744. The molecule has 0 radical (unpaired) electrons. The summed E-state index contributed by atoms with van der Waals surface area (Å²) in [5, 5.41) is 7.70. The van der Waals surface area contributed by atoms with Crippen LogP contribution in [-0.2, 0) is 20.1 Å². The number of hydrogen-bond donors (Lipinski definition) is 1. The van der Waals surface area contributed by atoms with Crippen molar-refractivity contribution in [2.24, 2.45) is 13.0 Å². The van der Waals surface area contributed by atoms with Crippen molar-refractivity contribution in [2.75, 3.05) is 13.6 Å². The quantitative estimate of drug-likeness (QED) is 0.919. The standard InChI is InChI=1S/C17H24N6O/c1-21-7-3-8-23-13(11-21)10-14(20-23)17(24)19-15(12-4-5-12)16-18-6-9-22(16)2/h6,9-10,12,15H,3-5,7-8,11H2,1-2H3,(H,19,24). The number of amides is 1. The van der Waals surface area contributed by atoms with Crippen molar-refractivity contribution < 1.29 is 4.79 Å². The van der Waals surface area contributed by atoms with Crippen molar-refractivity contribution in [1.82, 2.24) is 29.5 Å². The highest BCUT2D eigenvalue weighted by Gasteiger charge is 2.36. The summed E-state index contributed by atoms with van der Waals surface area (Å²) >= 11 is 0. The minimum absolute atomic E-state index is 0.0262. The molecular weight excluding hydrogens is 304 g/mol. The molecule has 1 fully saturated rings. The Morgan fingerprint density at radius 1 is 1.33 bits per heavy atom. The lowest BCUT2D eigenvalue weighted by Crippen LogP contribution is -2.32. The molecule has 0 spiro atoms. The molecule has 2 aliphatic rings. The molecule has 0 aromatic carbocycles. The molecule has 24 heavy (non-hydrogen) atoms. The first-order valence-corrected chi connectivity index (χ1v) is 8.65. The lowest BCUT2D eigenvalue weighted by molar-refractivity contribution is 0.0923. The van der Waals surface area contributed by atoms with Gasteiger partial charge in [0.25, 0.3) is 5.91 Å². The van der Waals surface area contributed by atoms with Gasteiger partial charge in [-0.05, 0) is 38.3 Å². The van der Waals surface area contributed by atoms with E-state index in [-0.39, 0.29) is 11.9 Å². The van der Waals surface area contributed by atoms with E-state index in [1.807, 2.05) is 28.6 Å². The van der Waals surface area contributed by atoms with Gasteiger partial charge in [-0.3, -0.25) is 9.48 Å². The number of aryl methyl sites for hydroxylation is 2. The van der Waals surface area contributed by atoms with Crippen LogP contribution in [0.15, 0.2) is 18.5 Å². The van der Waals surface area contributed by atoms with Crippen molar-refractivity contribution in [3.05, 3.63) is 35.7 Å². The van der Waals surface area contributed by atoms with Gasteiger partial charge in [0, 0.05) is 39.1 Å². The highest BCUT2D eigenvalue weighted by Crippen LogP contribution is 2.40. The lowest BCUT2D eigenvalue weighted by Gasteiger charge is -2.17. The Kier molecular flexibility index (Phi) is 3.88. The molecule has 2 aromatic heterocycles. The van der Waals surface area contributed by atoms with E-state index in [0.717, 1.165) is 50.4 Å². The minimum Gasteiger partial charge on any atom is -0.340 e. The Balaban J connectivity index is 1.53. The van der Waals surface area contributed by atoms with E-state index in [0.29, 0.717) is 11.6 Å². The van der Waals surface area contributed by atoms with E-state index in [1.165, 1.54) is 0 Å². The van der Waals surface area contributed by atoms with Crippen LogP contribution in [0.4, 0.5) is 0 Å². The fraction of sp³-hybridized carbons (Fsp3) is 0.588. The second-order valence-electron chi connectivity index (χ2n) is 7.02. The van der Waals surface area contributed by atoms with E-state index in [1.54, 1.807) is 6.20 Å². The van der Waals surface area contributed by atoms with Crippen LogP contribution in [0.1, 0.15) is 47.3 Å². The Hall–Kier alpha value is -2.15. The van der Waals surface area contributed by atoms with Crippen LogP contribution in [0.25, 0.3) is 0 Å². The summed E-state index contributed by atoms with van der Waals surface area (Å²) in [4.78, 5) is 19.4. The fourth-order valence-corrected chi connectivity index (χ4v) is 3.45. The van der Waals surface area contributed by atoms with Crippen LogP contribution in [-0.4, -0.2) is 43.7 Å². The van der Waals surface area contributed by atoms with Crippen molar-refractivity contribution in [3.8, 4) is 0 Å². The molecule has 7 heteroatoms. The molecule has 7 nitrogen and oxygen atoms in total. The molecule has 1 aliphatic carbocycles. The lowest BCUT2D eigenvalue weighted by atomic mass is 10.1. The number of carbonyl (C=O) groups excluding carboxylic acids is 1. The van der Waals surface area contributed by atoms with E-state index < -0.39 is 0 Å². The molecule has 1 aliphatic heterocycles. The van der Waals surface area contributed by atoms with Gasteiger partial charge in [0.05, 0.1) is 11.7 Å². The van der Waals surface area contributed by atoms with Gasteiger partial charge in [-0.2, -0.15) is 5.10 Å². The first-order valence-electron chi connectivity index (χ1n) is 8.65. The fourth-order valence-electron chi connectivity index (χ4n) is 3.45. The molecule has 1 N–H and O–H groups in total. The third-order valence-electron chi connectivity index (χ3n) is 4.95. The molecule has 1 saturated carbocycles. The third kappa shape index (κ3) is 2.96. The smallest absolute Gasteiger partial charge is 0.272 e. The molecule has 2 aromatic rings. The van der Waals surface area contributed by atoms with Gasteiger partial charge < -0.3 is 14.8 Å². The zero-order valence-corrected chi connectivity index (χ0v) is 14.3. The maximum absolute atomic E-state index is 12.7. The number of imidazole rings is 1. The SMILES string of the molecule is CN1CCCn2nc(C(=O)NC(c3nccn3C)C3CC3)cc2C1. The number of rotatable bonds is 4. The normalized spacial score (nSPS) is 19.6. The van der Waals surface area contributed by atoms with E-state index in [2.05, 4.69) is 27.3 Å². The van der Waals surface area contributed by atoms with Crippen LogP contribution in [0, 0.1) is 5.92 Å². The first kappa shape index (κ1) is 15.4. The summed E-state index contributed by atoms with van der Waals surface area (Å²) in [7, 11) is 4.07. The number of nitrogens with one attached hydrogen (secondary N) is 1. The van der Waals surface area contributed by atoms with Crippen LogP contribution in [0.3, 0.4) is 0 Å². The van der Waals surface area contributed by atoms with Gasteiger partial charge in [0.2, 0.25) is 0 Å². The van der Waals surface area contributed by atoms with Crippen LogP contribution >= 0.6 is 0 Å². The summed E-state index contributed by atoms with van der Waals surface area (Å²) in [6.07, 6.45) is 7.05. The van der Waals surface area contributed by atoms with E-state index in [9.17, 15) is 4.79 Å². The van der Waals surface area contributed by atoms with E-state index >= 15 is 0 Å². The highest BCUT2D eigenvalue weighted by atomic mass is 16.2. The number of carbonyl (C=O) groups is 1. The van der Waals surface area contributed by atoms with Gasteiger partial charge in [-0.25, -0.2) is 4.98 Å². The van der Waals surface area contributed by atoms with Crippen molar-refractivity contribution in [2.45, 2.75) is 38.4 Å². The van der Waals surface area contributed by atoms with Gasteiger partial charge >= 0.3 is 0 Å². The molecule has 1 amide bonds.